The maximum atomic E-state index is 13.6. The number of amides is 2. The summed E-state index contributed by atoms with van der Waals surface area (Å²) in [4.78, 5) is 46.3. The summed E-state index contributed by atoms with van der Waals surface area (Å²) < 4.78 is 5.10. The molecule has 0 spiro atoms. The first kappa shape index (κ1) is 25.5. The smallest absolute Gasteiger partial charge is 0.265 e. The first-order valence-electron chi connectivity index (χ1n) is 11.7. The van der Waals surface area contributed by atoms with Crippen molar-refractivity contribution in [2.45, 2.75) is 25.4 Å². The second kappa shape index (κ2) is 11.1. The Bertz CT molecular complexity index is 1510. The predicted octanol–water partition coefficient (Wildman–Crippen LogP) is 4.23. The summed E-state index contributed by atoms with van der Waals surface area (Å²) in [5.41, 5.74) is 2.37. The van der Waals surface area contributed by atoms with Crippen LogP contribution in [0.25, 0.3) is 0 Å². The standard InChI is InChI=1S/C27H22ClN5O4S/c1-37-19-13-24(32-30-14-19)31-26(35)20-6-5-16(10-21(20)28)15-33-22(12-18-4-2-3-8-29-18)23(34)11-17-7-9-38-25(17)27(33)36/h2-10,13-14,22H,11-12,15H2,1H3,(H,31,32,35). The van der Waals surface area contributed by atoms with Gasteiger partial charge in [0.25, 0.3) is 11.8 Å². The molecule has 0 aliphatic carbocycles. The second-order valence-electron chi connectivity index (χ2n) is 8.64. The normalized spacial score (nSPS) is 15.1. The van der Waals surface area contributed by atoms with E-state index in [9.17, 15) is 14.4 Å². The maximum absolute atomic E-state index is 13.6. The lowest BCUT2D eigenvalue weighted by atomic mass is 10.0. The molecule has 2 amide bonds. The van der Waals surface area contributed by atoms with Gasteiger partial charge in [0.2, 0.25) is 0 Å². The minimum absolute atomic E-state index is 0.0531. The number of benzene rings is 1. The number of thiophene rings is 1. The minimum atomic E-state index is -0.689. The molecule has 1 aromatic carbocycles. The Kier molecular flexibility index (Phi) is 7.43. The number of halogens is 1. The summed E-state index contributed by atoms with van der Waals surface area (Å²) in [6.45, 7) is 0.141. The molecular weight excluding hydrogens is 526 g/mol. The third kappa shape index (κ3) is 5.41. The van der Waals surface area contributed by atoms with Crippen LogP contribution in [-0.2, 0) is 24.2 Å². The molecule has 38 heavy (non-hydrogen) atoms. The second-order valence-corrected chi connectivity index (χ2v) is 9.96. The van der Waals surface area contributed by atoms with Crippen LogP contribution in [0, 0.1) is 0 Å². The largest absolute Gasteiger partial charge is 0.495 e. The number of hydrogen-bond acceptors (Lipinski definition) is 8. The van der Waals surface area contributed by atoms with Gasteiger partial charge in [-0.15, -0.1) is 16.4 Å². The number of methoxy groups -OCH3 is 1. The lowest BCUT2D eigenvalue weighted by Gasteiger charge is -2.29. The molecule has 3 aromatic heterocycles. The van der Waals surface area contributed by atoms with Gasteiger partial charge < -0.3 is 15.0 Å². The Morgan fingerprint density at radius 1 is 1.21 bits per heavy atom. The lowest BCUT2D eigenvalue weighted by Crippen LogP contribution is -2.44. The molecule has 192 valence electrons. The van der Waals surface area contributed by atoms with Crippen molar-refractivity contribution < 1.29 is 19.1 Å². The van der Waals surface area contributed by atoms with E-state index in [4.69, 9.17) is 16.3 Å². The Balaban J connectivity index is 1.40. The molecule has 1 N–H and O–H groups in total. The van der Waals surface area contributed by atoms with Gasteiger partial charge >= 0.3 is 0 Å². The Labute approximate surface area is 227 Å². The topological polar surface area (TPSA) is 114 Å². The number of ketones is 1. The Hall–Kier alpha value is -4.15. The molecule has 1 unspecified atom stereocenters. The number of rotatable bonds is 7. The molecule has 9 nitrogen and oxygen atoms in total. The van der Waals surface area contributed by atoms with E-state index >= 15 is 0 Å². The highest BCUT2D eigenvalue weighted by atomic mass is 35.5. The fraction of sp³-hybridized carbons (Fsp3) is 0.185. The molecule has 1 aliphatic rings. The highest BCUT2D eigenvalue weighted by Crippen LogP contribution is 2.29. The number of hydrogen-bond donors (Lipinski definition) is 1. The SMILES string of the molecule is COc1cnnc(NC(=O)c2ccc(CN3C(=O)c4sccc4CC(=O)C3Cc3ccccn3)cc2Cl)c1. The van der Waals surface area contributed by atoms with Gasteiger partial charge in [-0.25, -0.2) is 0 Å². The maximum Gasteiger partial charge on any atom is 0.265 e. The zero-order chi connectivity index (χ0) is 26.6. The zero-order valence-corrected chi connectivity index (χ0v) is 21.8. The number of nitrogens with one attached hydrogen (secondary N) is 1. The molecule has 0 fully saturated rings. The number of Topliss-reactive ketones (excluding diaryl/α,β-unsaturated/α-hetero) is 1. The van der Waals surface area contributed by atoms with E-state index in [-0.39, 0.29) is 41.1 Å². The molecule has 4 heterocycles. The van der Waals surface area contributed by atoms with E-state index in [1.807, 2.05) is 23.6 Å². The third-order valence-corrected chi connectivity index (χ3v) is 7.44. The Morgan fingerprint density at radius 2 is 2.08 bits per heavy atom. The van der Waals surface area contributed by atoms with Gasteiger partial charge in [-0.3, -0.25) is 19.4 Å². The molecule has 1 aliphatic heterocycles. The van der Waals surface area contributed by atoms with Crippen molar-refractivity contribution in [3.8, 4) is 5.75 Å². The van der Waals surface area contributed by atoms with E-state index in [1.165, 1.54) is 30.7 Å². The summed E-state index contributed by atoms with van der Waals surface area (Å²) >= 11 is 7.82. The highest BCUT2D eigenvalue weighted by Gasteiger charge is 2.36. The summed E-state index contributed by atoms with van der Waals surface area (Å²) in [5.74, 6) is -0.0739. The molecule has 4 aromatic rings. The molecule has 11 heteroatoms. The summed E-state index contributed by atoms with van der Waals surface area (Å²) in [6, 6.07) is 13.1. The van der Waals surface area contributed by atoms with Gasteiger partial charge in [-0.2, -0.15) is 5.10 Å². The summed E-state index contributed by atoms with van der Waals surface area (Å²) in [5, 5.41) is 12.3. The number of ether oxygens (including phenoxy) is 1. The minimum Gasteiger partial charge on any atom is -0.495 e. The van der Waals surface area contributed by atoms with E-state index < -0.39 is 11.9 Å². The number of fused-ring (bicyclic) bond motifs is 1. The van der Waals surface area contributed by atoms with Crippen LogP contribution in [0.3, 0.4) is 0 Å². The van der Waals surface area contributed by atoms with Gasteiger partial charge in [-0.1, -0.05) is 23.7 Å². The fourth-order valence-electron chi connectivity index (χ4n) is 4.28. The number of aromatic nitrogens is 3. The van der Waals surface area contributed by atoms with Gasteiger partial charge in [-0.05, 0) is 46.8 Å². The van der Waals surface area contributed by atoms with E-state index in [2.05, 4.69) is 20.5 Å². The zero-order valence-electron chi connectivity index (χ0n) is 20.3. The highest BCUT2D eigenvalue weighted by molar-refractivity contribution is 7.12. The van der Waals surface area contributed by atoms with Crippen molar-refractivity contribution >= 4 is 46.4 Å². The monoisotopic (exact) mass is 547 g/mol. The van der Waals surface area contributed by atoms with Crippen LogP contribution in [0.5, 0.6) is 5.75 Å². The number of nitrogens with zero attached hydrogens (tertiary/aromatic N) is 4. The van der Waals surface area contributed by atoms with Crippen LogP contribution >= 0.6 is 22.9 Å². The van der Waals surface area contributed by atoms with Gasteiger partial charge in [0.1, 0.15) is 5.75 Å². The van der Waals surface area contributed by atoms with Crippen molar-refractivity contribution in [1.82, 2.24) is 20.1 Å². The molecule has 0 saturated carbocycles. The summed E-state index contributed by atoms with van der Waals surface area (Å²) in [7, 11) is 1.49. The molecule has 1 atom stereocenters. The first-order chi connectivity index (χ1) is 18.4. The molecule has 0 saturated heterocycles. The van der Waals surface area contributed by atoms with Crippen molar-refractivity contribution in [3.63, 3.8) is 0 Å². The number of carbonyl (C=O) groups is 3. The van der Waals surface area contributed by atoms with Crippen LogP contribution in [0.4, 0.5) is 5.82 Å². The van der Waals surface area contributed by atoms with Crippen LogP contribution in [0.2, 0.25) is 5.02 Å². The summed E-state index contributed by atoms with van der Waals surface area (Å²) in [6.07, 6.45) is 3.58. The number of carbonyl (C=O) groups excluding carboxylic acids is 3. The molecule has 0 bridgehead atoms. The van der Waals surface area contributed by atoms with Crippen LogP contribution in [0.15, 0.2) is 66.3 Å². The van der Waals surface area contributed by atoms with Gasteiger partial charge in [0.05, 0.1) is 34.8 Å². The van der Waals surface area contributed by atoms with E-state index in [0.717, 1.165) is 11.3 Å². The first-order valence-corrected chi connectivity index (χ1v) is 12.9. The fourth-order valence-corrected chi connectivity index (χ4v) is 5.45. The van der Waals surface area contributed by atoms with Crippen molar-refractivity contribution in [1.29, 1.82) is 0 Å². The van der Waals surface area contributed by atoms with E-state index in [0.29, 0.717) is 22.6 Å². The Morgan fingerprint density at radius 3 is 2.84 bits per heavy atom. The average Bonchev–Trinajstić information content (AvgIpc) is 3.36. The van der Waals surface area contributed by atoms with Crippen LogP contribution < -0.4 is 10.1 Å². The molecular formula is C27H22ClN5O4S. The third-order valence-electron chi connectivity index (χ3n) is 6.18. The van der Waals surface area contributed by atoms with Crippen molar-refractivity contribution in [2.24, 2.45) is 0 Å². The molecule has 5 rings (SSSR count). The van der Waals surface area contributed by atoms with Crippen molar-refractivity contribution in [3.05, 3.63) is 98.6 Å². The average molecular weight is 548 g/mol. The quantitative estimate of drug-likeness (QED) is 0.368. The van der Waals surface area contributed by atoms with Gasteiger partial charge in [0.15, 0.2) is 11.6 Å². The number of anilines is 1. The lowest BCUT2D eigenvalue weighted by molar-refractivity contribution is -0.122. The van der Waals surface area contributed by atoms with E-state index in [1.54, 1.807) is 35.4 Å². The molecule has 0 radical (unpaired) electrons. The van der Waals surface area contributed by atoms with Crippen molar-refractivity contribution in [2.75, 3.05) is 12.4 Å². The predicted molar refractivity (Wildman–Crippen MR) is 143 cm³/mol. The van der Waals surface area contributed by atoms with Crippen LogP contribution in [-0.4, -0.2) is 50.8 Å². The number of pyridine rings is 1. The van der Waals surface area contributed by atoms with Crippen LogP contribution in [0.1, 0.15) is 36.9 Å². The van der Waals surface area contributed by atoms with Gasteiger partial charge in [0, 0.05) is 37.3 Å².